The van der Waals surface area contributed by atoms with Crippen LogP contribution in [0.4, 0.5) is 10.1 Å². The van der Waals surface area contributed by atoms with Crippen LogP contribution in [0.15, 0.2) is 48.5 Å². The standard InChI is InChI=1S/C16H15ClFNO/c1-12-5-4-6-13(9-12)11-19(16(20)10-17)15-8-3-2-7-14(15)18/h2-9H,10-11H2,1H3. The van der Waals surface area contributed by atoms with E-state index in [9.17, 15) is 9.18 Å². The molecule has 1 amide bonds. The van der Waals surface area contributed by atoms with E-state index in [1.807, 2.05) is 31.2 Å². The Morgan fingerprint density at radius 3 is 2.60 bits per heavy atom. The minimum absolute atomic E-state index is 0.180. The van der Waals surface area contributed by atoms with Gasteiger partial charge in [0.05, 0.1) is 12.2 Å². The van der Waals surface area contributed by atoms with Crippen LogP contribution in [-0.2, 0) is 11.3 Å². The van der Waals surface area contributed by atoms with Gasteiger partial charge in [0, 0.05) is 0 Å². The third kappa shape index (κ3) is 3.36. The van der Waals surface area contributed by atoms with Crippen molar-refractivity contribution in [3.8, 4) is 0 Å². The molecule has 0 bridgehead atoms. The number of benzene rings is 2. The van der Waals surface area contributed by atoms with E-state index in [2.05, 4.69) is 0 Å². The molecular weight excluding hydrogens is 277 g/mol. The van der Waals surface area contributed by atoms with Crippen molar-refractivity contribution < 1.29 is 9.18 Å². The summed E-state index contributed by atoms with van der Waals surface area (Å²) in [6, 6.07) is 14.0. The van der Waals surface area contributed by atoms with Gasteiger partial charge in [0.25, 0.3) is 0 Å². The molecule has 0 aliphatic heterocycles. The molecule has 0 heterocycles. The number of aryl methyl sites for hydroxylation is 1. The molecule has 2 rings (SSSR count). The van der Waals surface area contributed by atoms with Crippen molar-refractivity contribution in [1.82, 2.24) is 0 Å². The highest BCUT2D eigenvalue weighted by atomic mass is 35.5. The molecule has 0 saturated heterocycles. The smallest absolute Gasteiger partial charge is 0.242 e. The molecule has 104 valence electrons. The van der Waals surface area contributed by atoms with Crippen LogP contribution in [0.25, 0.3) is 0 Å². The van der Waals surface area contributed by atoms with Gasteiger partial charge in [-0.3, -0.25) is 4.79 Å². The number of carbonyl (C=O) groups is 1. The first-order valence-electron chi connectivity index (χ1n) is 6.28. The predicted molar refractivity (Wildman–Crippen MR) is 79.5 cm³/mol. The van der Waals surface area contributed by atoms with Gasteiger partial charge in [-0.1, -0.05) is 42.0 Å². The lowest BCUT2D eigenvalue weighted by molar-refractivity contribution is -0.116. The maximum atomic E-state index is 13.9. The fourth-order valence-corrected chi connectivity index (χ4v) is 2.19. The predicted octanol–water partition coefficient (Wildman–Crippen LogP) is 3.91. The van der Waals surface area contributed by atoms with Gasteiger partial charge in [0.15, 0.2) is 0 Å². The Balaban J connectivity index is 2.34. The lowest BCUT2D eigenvalue weighted by Gasteiger charge is -2.22. The Labute approximate surface area is 122 Å². The van der Waals surface area contributed by atoms with Crippen LogP contribution in [-0.4, -0.2) is 11.8 Å². The number of alkyl halides is 1. The van der Waals surface area contributed by atoms with Crippen molar-refractivity contribution in [3.05, 3.63) is 65.5 Å². The number of para-hydroxylation sites is 1. The minimum Gasteiger partial charge on any atom is -0.304 e. The first-order chi connectivity index (χ1) is 9.61. The number of hydrogen-bond donors (Lipinski definition) is 0. The van der Waals surface area contributed by atoms with Crippen LogP contribution in [0.5, 0.6) is 0 Å². The van der Waals surface area contributed by atoms with Crippen molar-refractivity contribution >= 4 is 23.2 Å². The van der Waals surface area contributed by atoms with E-state index in [1.165, 1.54) is 11.0 Å². The fourth-order valence-electron chi connectivity index (χ4n) is 2.04. The van der Waals surface area contributed by atoms with Gasteiger partial charge >= 0.3 is 0 Å². The second-order valence-corrected chi connectivity index (χ2v) is 4.82. The summed E-state index contributed by atoms with van der Waals surface area (Å²) in [5, 5.41) is 0. The van der Waals surface area contributed by atoms with Gasteiger partial charge in [-0.2, -0.15) is 0 Å². The maximum absolute atomic E-state index is 13.9. The van der Waals surface area contributed by atoms with E-state index in [-0.39, 0.29) is 17.5 Å². The van der Waals surface area contributed by atoms with Crippen LogP contribution in [0.1, 0.15) is 11.1 Å². The third-order valence-electron chi connectivity index (χ3n) is 2.98. The van der Waals surface area contributed by atoms with E-state index in [0.29, 0.717) is 6.54 Å². The first-order valence-corrected chi connectivity index (χ1v) is 6.81. The summed E-state index contributed by atoms with van der Waals surface area (Å²) in [5.41, 5.74) is 2.28. The highest BCUT2D eigenvalue weighted by molar-refractivity contribution is 6.29. The molecule has 2 aromatic carbocycles. The zero-order valence-electron chi connectivity index (χ0n) is 11.1. The van der Waals surface area contributed by atoms with Crippen LogP contribution in [0.2, 0.25) is 0 Å². The number of carbonyl (C=O) groups excluding carboxylic acids is 1. The molecule has 0 spiro atoms. The molecule has 0 saturated carbocycles. The van der Waals surface area contributed by atoms with Crippen molar-refractivity contribution in [2.75, 3.05) is 10.8 Å². The first kappa shape index (κ1) is 14.5. The quantitative estimate of drug-likeness (QED) is 0.782. The Kier molecular flexibility index (Phi) is 4.74. The van der Waals surface area contributed by atoms with Crippen LogP contribution >= 0.6 is 11.6 Å². The molecule has 0 aliphatic carbocycles. The molecule has 0 aromatic heterocycles. The Morgan fingerprint density at radius 2 is 1.95 bits per heavy atom. The Hall–Kier alpha value is -1.87. The maximum Gasteiger partial charge on any atom is 0.242 e. The summed E-state index contributed by atoms with van der Waals surface area (Å²) in [7, 11) is 0. The summed E-state index contributed by atoms with van der Waals surface area (Å²) >= 11 is 5.63. The third-order valence-corrected chi connectivity index (χ3v) is 3.21. The van der Waals surface area contributed by atoms with E-state index in [4.69, 9.17) is 11.6 Å². The number of anilines is 1. The molecule has 0 atom stereocenters. The largest absolute Gasteiger partial charge is 0.304 e. The molecule has 2 aromatic rings. The minimum atomic E-state index is -0.432. The number of hydrogen-bond acceptors (Lipinski definition) is 1. The molecule has 4 heteroatoms. The average molecular weight is 292 g/mol. The average Bonchev–Trinajstić information content (AvgIpc) is 2.45. The normalized spacial score (nSPS) is 10.3. The number of nitrogens with zero attached hydrogens (tertiary/aromatic N) is 1. The second-order valence-electron chi connectivity index (χ2n) is 4.55. The molecule has 0 N–H and O–H groups in total. The summed E-state index contributed by atoms with van der Waals surface area (Å²) in [6.45, 7) is 2.27. The van der Waals surface area contributed by atoms with E-state index >= 15 is 0 Å². The topological polar surface area (TPSA) is 20.3 Å². The van der Waals surface area contributed by atoms with Gasteiger partial charge in [0.2, 0.25) is 5.91 Å². The van der Waals surface area contributed by atoms with E-state index < -0.39 is 5.82 Å². The summed E-state index contributed by atoms with van der Waals surface area (Å²) in [4.78, 5) is 13.4. The number of amides is 1. The lowest BCUT2D eigenvalue weighted by atomic mass is 10.1. The van der Waals surface area contributed by atoms with Crippen molar-refractivity contribution in [1.29, 1.82) is 0 Å². The van der Waals surface area contributed by atoms with E-state index in [1.54, 1.807) is 18.2 Å². The number of halogens is 2. The second kappa shape index (κ2) is 6.53. The zero-order valence-corrected chi connectivity index (χ0v) is 11.9. The molecular formula is C16H15ClFNO. The molecule has 0 radical (unpaired) electrons. The van der Waals surface area contributed by atoms with Crippen molar-refractivity contribution in [2.24, 2.45) is 0 Å². The highest BCUT2D eigenvalue weighted by Gasteiger charge is 2.18. The molecule has 0 aliphatic rings. The Morgan fingerprint density at radius 1 is 1.20 bits per heavy atom. The van der Waals surface area contributed by atoms with Crippen LogP contribution in [0, 0.1) is 12.7 Å². The number of rotatable bonds is 4. The molecule has 0 fully saturated rings. The lowest BCUT2D eigenvalue weighted by Crippen LogP contribution is -2.32. The van der Waals surface area contributed by atoms with Gasteiger partial charge in [-0.15, -0.1) is 11.6 Å². The fraction of sp³-hybridized carbons (Fsp3) is 0.188. The highest BCUT2D eigenvalue weighted by Crippen LogP contribution is 2.22. The molecule has 2 nitrogen and oxygen atoms in total. The van der Waals surface area contributed by atoms with Crippen molar-refractivity contribution in [3.63, 3.8) is 0 Å². The van der Waals surface area contributed by atoms with Gasteiger partial charge in [0.1, 0.15) is 11.7 Å². The van der Waals surface area contributed by atoms with Gasteiger partial charge < -0.3 is 4.90 Å². The van der Waals surface area contributed by atoms with Crippen molar-refractivity contribution in [2.45, 2.75) is 13.5 Å². The Bertz CT molecular complexity index is 615. The van der Waals surface area contributed by atoms with Crippen LogP contribution in [0.3, 0.4) is 0 Å². The monoisotopic (exact) mass is 291 g/mol. The van der Waals surface area contributed by atoms with E-state index in [0.717, 1.165) is 11.1 Å². The van der Waals surface area contributed by atoms with Gasteiger partial charge in [-0.25, -0.2) is 4.39 Å². The summed E-state index contributed by atoms with van der Waals surface area (Å²) < 4.78 is 13.9. The summed E-state index contributed by atoms with van der Waals surface area (Å²) in [6.07, 6.45) is 0. The van der Waals surface area contributed by atoms with Gasteiger partial charge in [-0.05, 0) is 24.6 Å². The zero-order chi connectivity index (χ0) is 14.5. The summed E-state index contributed by atoms with van der Waals surface area (Å²) in [5.74, 6) is -0.933. The van der Waals surface area contributed by atoms with Crippen LogP contribution < -0.4 is 4.90 Å². The molecule has 20 heavy (non-hydrogen) atoms. The molecule has 0 unspecified atom stereocenters. The SMILES string of the molecule is Cc1cccc(CN(C(=O)CCl)c2ccccc2F)c1.